The lowest BCUT2D eigenvalue weighted by Crippen LogP contribution is -2.25. The van der Waals surface area contributed by atoms with Crippen molar-refractivity contribution >= 4 is 12.4 Å². The van der Waals surface area contributed by atoms with Crippen molar-refractivity contribution in [3.05, 3.63) is 0 Å². The first-order valence-electron chi connectivity index (χ1n) is 3.58. The summed E-state index contributed by atoms with van der Waals surface area (Å²) in [5.41, 5.74) is 0. The first kappa shape index (κ1) is 9.25. The number of rotatable bonds is 1. The van der Waals surface area contributed by atoms with Gasteiger partial charge in [0.15, 0.2) is 0 Å². The van der Waals surface area contributed by atoms with Gasteiger partial charge in [-0.2, -0.15) is 0 Å². The van der Waals surface area contributed by atoms with Crippen molar-refractivity contribution in [1.82, 2.24) is 4.90 Å². The number of halogens is 1. The standard InChI is InChI=1S/C7H15N.ClH/c1-3-8-6-4-5-7(8)2;/h7H,3-6H2,1-2H3;1H. The van der Waals surface area contributed by atoms with E-state index in [1.54, 1.807) is 0 Å². The Morgan fingerprint density at radius 2 is 2.22 bits per heavy atom. The molecule has 1 aliphatic heterocycles. The summed E-state index contributed by atoms with van der Waals surface area (Å²) >= 11 is 0. The SMILES string of the molecule is CCN1CCCC1C.Cl. The summed E-state index contributed by atoms with van der Waals surface area (Å²) in [7, 11) is 0. The molecular formula is C7H16ClN. The maximum absolute atomic E-state index is 2.53. The molecule has 1 nitrogen and oxygen atoms in total. The van der Waals surface area contributed by atoms with E-state index < -0.39 is 0 Å². The number of nitrogens with zero attached hydrogens (tertiary/aromatic N) is 1. The van der Waals surface area contributed by atoms with Crippen LogP contribution in [0.2, 0.25) is 0 Å². The fourth-order valence-corrected chi connectivity index (χ4v) is 1.46. The van der Waals surface area contributed by atoms with Crippen LogP contribution >= 0.6 is 12.4 Å². The first-order chi connectivity index (χ1) is 3.84. The molecule has 0 spiro atoms. The molecule has 2 heteroatoms. The lowest BCUT2D eigenvalue weighted by atomic mass is 10.2. The summed E-state index contributed by atoms with van der Waals surface area (Å²) in [6.07, 6.45) is 2.82. The van der Waals surface area contributed by atoms with Crippen LogP contribution < -0.4 is 0 Å². The highest BCUT2D eigenvalue weighted by atomic mass is 35.5. The second-order valence-corrected chi connectivity index (χ2v) is 2.62. The van der Waals surface area contributed by atoms with Gasteiger partial charge < -0.3 is 4.90 Å². The molecule has 1 heterocycles. The molecule has 1 saturated heterocycles. The highest BCUT2D eigenvalue weighted by Gasteiger charge is 2.16. The fraction of sp³-hybridized carbons (Fsp3) is 1.00. The van der Waals surface area contributed by atoms with Crippen LogP contribution in [0.15, 0.2) is 0 Å². The van der Waals surface area contributed by atoms with Crippen molar-refractivity contribution in [3.63, 3.8) is 0 Å². The van der Waals surface area contributed by atoms with E-state index in [0.29, 0.717) is 0 Å². The third kappa shape index (κ3) is 2.15. The lowest BCUT2D eigenvalue weighted by molar-refractivity contribution is 0.284. The molecule has 0 aromatic heterocycles. The Morgan fingerprint density at radius 1 is 1.56 bits per heavy atom. The van der Waals surface area contributed by atoms with Crippen molar-refractivity contribution in [3.8, 4) is 0 Å². The molecule has 9 heavy (non-hydrogen) atoms. The van der Waals surface area contributed by atoms with Crippen LogP contribution in [0.5, 0.6) is 0 Å². The summed E-state index contributed by atoms with van der Waals surface area (Å²) in [6, 6.07) is 0.861. The summed E-state index contributed by atoms with van der Waals surface area (Å²) in [5.74, 6) is 0. The van der Waals surface area contributed by atoms with E-state index in [1.165, 1.54) is 25.9 Å². The maximum Gasteiger partial charge on any atom is 0.00672 e. The molecule has 56 valence electrons. The van der Waals surface area contributed by atoms with Gasteiger partial charge in [-0.15, -0.1) is 12.4 Å². The first-order valence-corrected chi connectivity index (χ1v) is 3.58. The third-order valence-electron chi connectivity index (χ3n) is 2.10. The Bertz CT molecular complexity index is 75.3. The average Bonchev–Trinajstić information content (AvgIpc) is 2.14. The van der Waals surface area contributed by atoms with Gasteiger partial charge in [-0.25, -0.2) is 0 Å². The molecule has 0 N–H and O–H groups in total. The highest BCUT2D eigenvalue weighted by molar-refractivity contribution is 5.85. The molecule has 1 rings (SSSR count). The van der Waals surface area contributed by atoms with E-state index in [-0.39, 0.29) is 12.4 Å². The largest absolute Gasteiger partial charge is 0.301 e. The Labute approximate surface area is 63.8 Å². The molecule has 0 radical (unpaired) electrons. The van der Waals surface area contributed by atoms with Crippen molar-refractivity contribution in [1.29, 1.82) is 0 Å². The minimum atomic E-state index is 0. The van der Waals surface area contributed by atoms with Gasteiger partial charge in [0.05, 0.1) is 0 Å². The Kier molecular flexibility index (Phi) is 4.24. The van der Waals surface area contributed by atoms with Crippen LogP contribution in [0.3, 0.4) is 0 Å². The Balaban J connectivity index is 0.000000640. The number of hydrogen-bond acceptors (Lipinski definition) is 1. The predicted octanol–water partition coefficient (Wildman–Crippen LogP) is 1.91. The smallest absolute Gasteiger partial charge is 0.00672 e. The van der Waals surface area contributed by atoms with Crippen molar-refractivity contribution < 1.29 is 0 Å². The Hall–Kier alpha value is 0.250. The highest BCUT2D eigenvalue weighted by Crippen LogP contribution is 2.14. The zero-order valence-corrected chi connectivity index (χ0v) is 7.08. The normalized spacial score (nSPS) is 28.0. The van der Waals surface area contributed by atoms with Crippen molar-refractivity contribution in [2.75, 3.05) is 13.1 Å². The van der Waals surface area contributed by atoms with Gasteiger partial charge >= 0.3 is 0 Å². The molecule has 1 unspecified atom stereocenters. The van der Waals surface area contributed by atoms with E-state index in [9.17, 15) is 0 Å². The summed E-state index contributed by atoms with van der Waals surface area (Å²) in [5, 5.41) is 0. The van der Waals surface area contributed by atoms with Gasteiger partial charge in [-0.3, -0.25) is 0 Å². The van der Waals surface area contributed by atoms with Crippen LogP contribution in [0, 0.1) is 0 Å². The topological polar surface area (TPSA) is 3.24 Å². The third-order valence-corrected chi connectivity index (χ3v) is 2.10. The van der Waals surface area contributed by atoms with Crippen LogP contribution in [0.4, 0.5) is 0 Å². The molecule has 1 atom stereocenters. The zero-order valence-electron chi connectivity index (χ0n) is 6.26. The molecule has 1 fully saturated rings. The van der Waals surface area contributed by atoms with Crippen LogP contribution in [0.25, 0.3) is 0 Å². The number of likely N-dealkylation sites (tertiary alicyclic amines) is 1. The number of hydrogen-bond donors (Lipinski definition) is 0. The summed E-state index contributed by atoms with van der Waals surface area (Å²) < 4.78 is 0. The fourth-order valence-electron chi connectivity index (χ4n) is 1.46. The summed E-state index contributed by atoms with van der Waals surface area (Å²) in [4.78, 5) is 2.53. The molecule has 0 aromatic carbocycles. The van der Waals surface area contributed by atoms with E-state index in [4.69, 9.17) is 0 Å². The quantitative estimate of drug-likeness (QED) is 0.551. The van der Waals surface area contributed by atoms with Gasteiger partial charge in [-0.1, -0.05) is 6.92 Å². The predicted molar refractivity (Wildman–Crippen MR) is 43.2 cm³/mol. The van der Waals surface area contributed by atoms with Gasteiger partial charge in [0.25, 0.3) is 0 Å². The van der Waals surface area contributed by atoms with Crippen molar-refractivity contribution in [2.24, 2.45) is 0 Å². The van der Waals surface area contributed by atoms with E-state index >= 15 is 0 Å². The van der Waals surface area contributed by atoms with Crippen molar-refractivity contribution in [2.45, 2.75) is 32.7 Å². The van der Waals surface area contributed by atoms with E-state index in [2.05, 4.69) is 18.7 Å². The van der Waals surface area contributed by atoms with Crippen LogP contribution in [-0.2, 0) is 0 Å². The molecule has 0 saturated carbocycles. The minimum Gasteiger partial charge on any atom is -0.301 e. The maximum atomic E-state index is 2.53. The van der Waals surface area contributed by atoms with Gasteiger partial charge in [0, 0.05) is 6.04 Å². The van der Waals surface area contributed by atoms with Gasteiger partial charge in [0.1, 0.15) is 0 Å². The molecule has 0 amide bonds. The molecule has 0 bridgehead atoms. The zero-order chi connectivity index (χ0) is 5.98. The summed E-state index contributed by atoms with van der Waals surface area (Å²) in [6.45, 7) is 7.12. The molecule has 1 aliphatic rings. The molecule has 0 aliphatic carbocycles. The van der Waals surface area contributed by atoms with Crippen LogP contribution in [-0.4, -0.2) is 24.0 Å². The minimum absolute atomic E-state index is 0. The van der Waals surface area contributed by atoms with Gasteiger partial charge in [-0.05, 0) is 32.9 Å². The van der Waals surface area contributed by atoms with E-state index in [1.807, 2.05) is 0 Å². The second kappa shape index (κ2) is 4.13. The monoisotopic (exact) mass is 149 g/mol. The average molecular weight is 150 g/mol. The van der Waals surface area contributed by atoms with Gasteiger partial charge in [0.2, 0.25) is 0 Å². The molecular weight excluding hydrogens is 134 g/mol. The second-order valence-electron chi connectivity index (χ2n) is 2.62. The van der Waals surface area contributed by atoms with E-state index in [0.717, 1.165) is 6.04 Å². The lowest BCUT2D eigenvalue weighted by Gasteiger charge is -2.17. The van der Waals surface area contributed by atoms with Crippen LogP contribution in [0.1, 0.15) is 26.7 Å². The Morgan fingerprint density at radius 3 is 2.44 bits per heavy atom. The molecule has 0 aromatic rings.